The van der Waals surface area contributed by atoms with Crippen molar-refractivity contribution in [2.45, 2.75) is 6.04 Å². The van der Waals surface area contributed by atoms with Crippen LogP contribution in [0.3, 0.4) is 0 Å². The number of amides is 1. The van der Waals surface area contributed by atoms with Crippen LogP contribution in [0.2, 0.25) is 0 Å². The number of hydrogen-bond acceptors (Lipinski definition) is 4. The molecule has 3 aromatic carbocycles. The predicted octanol–water partition coefficient (Wildman–Crippen LogP) is 4.12. The molecule has 0 spiro atoms. The fraction of sp³-hybridized carbons (Fsp3) is 0.125. The van der Waals surface area contributed by atoms with Gasteiger partial charge in [-0.25, -0.2) is 0 Å². The number of ether oxygens (including phenoxy) is 1. The SMILES string of the molecule is COc1ccc(C(NC(=O)c2ccc3c(=O)n(C)c(=S)[nH]c3c2)c2ccccc2)cc1. The van der Waals surface area contributed by atoms with Crippen molar-refractivity contribution >= 4 is 29.0 Å². The van der Waals surface area contributed by atoms with Gasteiger partial charge in [0.2, 0.25) is 0 Å². The largest absolute Gasteiger partial charge is 0.497 e. The molecule has 1 unspecified atom stereocenters. The number of H-pyrrole nitrogens is 1. The van der Waals surface area contributed by atoms with Gasteiger partial charge in [0.25, 0.3) is 11.5 Å². The average Bonchev–Trinajstić information content (AvgIpc) is 2.81. The lowest BCUT2D eigenvalue weighted by molar-refractivity contribution is 0.0943. The number of methoxy groups -OCH3 is 1. The van der Waals surface area contributed by atoms with Crippen LogP contribution in [0.5, 0.6) is 5.75 Å². The van der Waals surface area contributed by atoms with Gasteiger partial charge in [0.15, 0.2) is 4.77 Å². The first-order valence-electron chi connectivity index (χ1n) is 9.71. The molecule has 1 aromatic heterocycles. The van der Waals surface area contributed by atoms with E-state index in [4.69, 9.17) is 17.0 Å². The molecule has 0 fully saturated rings. The molecule has 1 amide bonds. The van der Waals surface area contributed by atoms with Crippen LogP contribution in [0.1, 0.15) is 27.5 Å². The molecule has 0 saturated heterocycles. The minimum atomic E-state index is -0.350. The van der Waals surface area contributed by atoms with E-state index in [2.05, 4.69) is 10.3 Å². The highest BCUT2D eigenvalue weighted by Crippen LogP contribution is 2.25. The van der Waals surface area contributed by atoms with Crippen molar-refractivity contribution < 1.29 is 9.53 Å². The van der Waals surface area contributed by atoms with Gasteiger partial charge < -0.3 is 15.0 Å². The molecule has 7 heteroatoms. The Morgan fingerprint density at radius 1 is 1.03 bits per heavy atom. The monoisotopic (exact) mass is 431 g/mol. The number of fused-ring (bicyclic) bond motifs is 1. The number of nitrogens with zero attached hydrogens (tertiary/aromatic N) is 1. The molecule has 0 radical (unpaired) electrons. The quantitative estimate of drug-likeness (QED) is 0.466. The summed E-state index contributed by atoms with van der Waals surface area (Å²) in [5.41, 5.74) is 2.64. The van der Waals surface area contributed by atoms with Crippen LogP contribution in [0.4, 0.5) is 0 Å². The van der Waals surface area contributed by atoms with Crippen molar-refractivity contribution in [1.29, 1.82) is 0 Å². The van der Waals surface area contributed by atoms with Crippen LogP contribution in [-0.4, -0.2) is 22.6 Å². The van der Waals surface area contributed by atoms with Crippen molar-refractivity contribution in [2.24, 2.45) is 7.05 Å². The number of nitrogens with one attached hydrogen (secondary N) is 2. The lowest BCUT2D eigenvalue weighted by atomic mass is 9.98. The molecule has 0 aliphatic rings. The Balaban J connectivity index is 1.71. The second-order valence-electron chi connectivity index (χ2n) is 7.15. The van der Waals surface area contributed by atoms with Gasteiger partial charge in [0.05, 0.1) is 24.1 Å². The maximum absolute atomic E-state index is 13.1. The molecule has 1 atom stereocenters. The summed E-state index contributed by atoms with van der Waals surface area (Å²) in [5, 5.41) is 3.58. The van der Waals surface area contributed by atoms with E-state index in [9.17, 15) is 9.59 Å². The molecule has 2 N–H and O–H groups in total. The Morgan fingerprint density at radius 3 is 2.39 bits per heavy atom. The summed E-state index contributed by atoms with van der Waals surface area (Å²) in [6, 6.07) is 21.9. The first kappa shape index (κ1) is 20.6. The molecule has 0 aliphatic carbocycles. The molecule has 4 rings (SSSR count). The second-order valence-corrected chi connectivity index (χ2v) is 7.53. The number of rotatable bonds is 5. The van der Waals surface area contributed by atoms with E-state index >= 15 is 0 Å². The fourth-order valence-electron chi connectivity index (χ4n) is 3.46. The van der Waals surface area contributed by atoms with Crippen LogP contribution in [0, 0.1) is 4.77 Å². The van der Waals surface area contributed by atoms with Gasteiger partial charge >= 0.3 is 0 Å². The van der Waals surface area contributed by atoms with E-state index in [0.29, 0.717) is 21.2 Å². The zero-order chi connectivity index (χ0) is 22.0. The molecule has 0 bridgehead atoms. The van der Waals surface area contributed by atoms with Gasteiger partial charge in [-0.2, -0.15) is 0 Å². The average molecular weight is 432 g/mol. The van der Waals surface area contributed by atoms with E-state index in [1.165, 1.54) is 4.57 Å². The normalized spacial score (nSPS) is 11.8. The molecule has 1 heterocycles. The molecular formula is C24H21N3O3S. The first-order chi connectivity index (χ1) is 15.0. The Bertz CT molecular complexity index is 1360. The molecule has 6 nitrogen and oxygen atoms in total. The Labute approximate surface area is 184 Å². The van der Waals surface area contributed by atoms with E-state index < -0.39 is 0 Å². The van der Waals surface area contributed by atoms with Gasteiger partial charge in [0.1, 0.15) is 5.75 Å². The summed E-state index contributed by atoms with van der Waals surface area (Å²) in [4.78, 5) is 28.5. The van der Waals surface area contributed by atoms with Crippen LogP contribution >= 0.6 is 12.2 Å². The van der Waals surface area contributed by atoms with Crippen molar-refractivity contribution in [3.05, 3.63) is 105 Å². The summed E-state index contributed by atoms with van der Waals surface area (Å²) in [5.74, 6) is 0.486. The third kappa shape index (κ3) is 4.13. The Kier molecular flexibility index (Phi) is 5.68. The number of benzene rings is 3. The minimum Gasteiger partial charge on any atom is -0.497 e. The Hall–Kier alpha value is -3.71. The zero-order valence-electron chi connectivity index (χ0n) is 17.1. The Morgan fingerprint density at radius 2 is 1.71 bits per heavy atom. The summed E-state index contributed by atoms with van der Waals surface area (Å²) in [6.07, 6.45) is 0. The number of aromatic nitrogens is 2. The van der Waals surface area contributed by atoms with Gasteiger partial charge in [-0.3, -0.25) is 14.2 Å². The molecule has 156 valence electrons. The van der Waals surface area contributed by atoms with E-state index in [0.717, 1.165) is 16.9 Å². The van der Waals surface area contributed by atoms with Crippen LogP contribution in [0.15, 0.2) is 77.6 Å². The van der Waals surface area contributed by atoms with Crippen LogP contribution in [-0.2, 0) is 7.05 Å². The van der Waals surface area contributed by atoms with Gasteiger partial charge in [0, 0.05) is 12.6 Å². The van der Waals surface area contributed by atoms with Crippen molar-refractivity contribution in [2.75, 3.05) is 7.11 Å². The van der Waals surface area contributed by atoms with E-state index in [1.54, 1.807) is 32.4 Å². The van der Waals surface area contributed by atoms with Crippen molar-refractivity contribution in [3.63, 3.8) is 0 Å². The number of carbonyl (C=O) groups excluding carboxylic acids is 1. The highest BCUT2D eigenvalue weighted by atomic mass is 32.1. The van der Waals surface area contributed by atoms with Gasteiger partial charge in [-0.05, 0) is 53.7 Å². The third-order valence-corrected chi connectivity index (χ3v) is 5.60. The van der Waals surface area contributed by atoms with Crippen LogP contribution in [0.25, 0.3) is 10.9 Å². The standard InChI is InChI=1S/C24H21N3O3S/c1-27-23(29)19-13-10-17(14-20(19)25-24(27)31)22(28)26-21(15-6-4-3-5-7-15)16-8-11-18(30-2)12-9-16/h3-14,21H,1-2H3,(H,25,31)(H,26,28). The predicted molar refractivity (Wildman–Crippen MR) is 123 cm³/mol. The maximum atomic E-state index is 13.1. The summed E-state index contributed by atoms with van der Waals surface area (Å²) in [6.45, 7) is 0. The second kappa shape index (κ2) is 8.57. The number of aromatic amines is 1. The zero-order valence-corrected chi connectivity index (χ0v) is 17.9. The van der Waals surface area contributed by atoms with E-state index in [-0.39, 0.29) is 17.5 Å². The molecular weight excluding hydrogens is 410 g/mol. The smallest absolute Gasteiger partial charge is 0.261 e. The number of hydrogen-bond donors (Lipinski definition) is 2. The first-order valence-corrected chi connectivity index (χ1v) is 10.1. The summed E-state index contributed by atoms with van der Waals surface area (Å²) in [7, 11) is 3.23. The molecule has 0 aliphatic heterocycles. The third-order valence-electron chi connectivity index (χ3n) is 5.22. The highest BCUT2D eigenvalue weighted by Gasteiger charge is 2.18. The van der Waals surface area contributed by atoms with Gasteiger partial charge in [-0.15, -0.1) is 0 Å². The topological polar surface area (TPSA) is 76.1 Å². The fourth-order valence-corrected chi connectivity index (χ4v) is 3.66. The highest BCUT2D eigenvalue weighted by molar-refractivity contribution is 7.71. The lowest BCUT2D eigenvalue weighted by Crippen LogP contribution is -2.29. The minimum absolute atomic E-state index is 0.203. The summed E-state index contributed by atoms with van der Waals surface area (Å²) < 4.78 is 6.92. The molecule has 31 heavy (non-hydrogen) atoms. The van der Waals surface area contributed by atoms with Crippen molar-refractivity contribution in [1.82, 2.24) is 14.9 Å². The maximum Gasteiger partial charge on any atom is 0.261 e. The molecule has 0 saturated carbocycles. The lowest BCUT2D eigenvalue weighted by Gasteiger charge is -2.20. The van der Waals surface area contributed by atoms with Crippen LogP contribution < -0.4 is 15.6 Å². The number of carbonyl (C=O) groups is 1. The van der Waals surface area contributed by atoms with Gasteiger partial charge in [-0.1, -0.05) is 42.5 Å². The van der Waals surface area contributed by atoms with Crippen molar-refractivity contribution in [3.8, 4) is 5.75 Å². The van der Waals surface area contributed by atoms with E-state index in [1.807, 2.05) is 54.6 Å². The summed E-state index contributed by atoms with van der Waals surface area (Å²) >= 11 is 5.19. The molecule has 4 aromatic rings.